The van der Waals surface area contributed by atoms with Gasteiger partial charge in [0.1, 0.15) is 0 Å². The van der Waals surface area contributed by atoms with E-state index in [1.807, 2.05) is 18.2 Å². The van der Waals surface area contributed by atoms with Gasteiger partial charge in [0.25, 0.3) is 0 Å². The predicted octanol–water partition coefficient (Wildman–Crippen LogP) is 4.64. The summed E-state index contributed by atoms with van der Waals surface area (Å²) >= 11 is 1.50. The second kappa shape index (κ2) is 10.3. The van der Waals surface area contributed by atoms with Crippen LogP contribution >= 0.6 is 11.8 Å². The van der Waals surface area contributed by atoms with E-state index >= 15 is 0 Å². The Morgan fingerprint density at radius 3 is 2.78 bits per heavy atom. The molecule has 2 aromatic rings. The van der Waals surface area contributed by atoms with Crippen molar-refractivity contribution in [1.82, 2.24) is 4.90 Å². The maximum Gasteiger partial charge on any atom is 0.180 e. The first-order valence-electron chi connectivity index (χ1n) is 9.57. The quantitative estimate of drug-likeness (QED) is 0.451. The van der Waals surface area contributed by atoms with Crippen LogP contribution in [0, 0.1) is 0 Å². The smallest absolute Gasteiger partial charge is 0.180 e. The minimum Gasteiger partial charge on any atom is -0.377 e. The minimum atomic E-state index is 0.480. The molecule has 1 aliphatic heterocycles. The molecular weight excluding hydrogens is 352 g/mol. The summed E-state index contributed by atoms with van der Waals surface area (Å²) in [5.41, 5.74) is 9.55. The molecule has 0 radical (unpaired) electrons. The van der Waals surface area contributed by atoms with E-state index in [1.165, 1.54) is 48.7 Å². The molecule has 0 spiro atoms. The standard InChI is InChI=1S/C22H28N4S/c1-18-8-5-6-13-26(18)16-21-12-7-11-20(14-21)15-24-25-22(23)27-17-19-9-3-2-4-10-19/h2-4,7,9-12,14-15,18H,5-6,8,13,16-17H2,1H3,(H2,23,25). The van der Waals surface area contributed by atoms with Crippen molar-refractivity contribution in [2.45, 2.75) is 44.5 Å². The van der Waals surface area contributed by atoms with Gasteiger partial charge in [0.15, 0.2) is 5.17 Å². The minimum absolute atomic E-state index is 0.480. The van der Waals surface area contributed by atoms with Gasteiger partial charge in [-0.1, -0.05) is 66.7 Å². The fraction of sp³-hybridized carbons (Fsp3) is 0.364. The van der Waals surface area contributed by atoms with Crippen LogP contribution in [0.3, 0.4) is 0 Å². The fourth-order valence-corrected chi connectivity index (χ4v) is 3.92. The van der Waals surface area contributed by atoms with Crippen molar-refractivity contribution in [3.63, 3.8) is 0 Å². The van der Waals surface area contributed by atoms with Crippen molar-refractivity contribution in [3.8, 4) is 0 Å². The Hall–Kier alpha value is -2.11. The first-order valence-corrected chi connectivity index (χ1v) is 10.6. The van der Waals surface area contributed by atoms with Crippen molar-refractivity contribution in [2.24, 2.45) is 15.9 Å². The van der Waals surface area contributed by atoms with Gasteiger partial charge in [-0.25, -0.2) is 0 Å². The third-order valence-corrected chi connectivity index (χ3v) is 5.73. The molecule has 0 aromatic heterocycles. The van der Waals surface area contributed by atoms with E-state index in [9.17, 15) is 0 Å². The number of likely N-dealkylation sites (tertiary alicyclic amines) is 1. The van der Waals surface area contributed by atoms with E-state index in [0.29, 0.717) is 11.2 Å². The third kappa shape index (κ3) is 6.52. The largest absolute Gasteiger partial charge is 0.377 e. The summed E-state index contributed by atoms with van der Waals surface area (Å²) in [7, 11) is 0. The number of benzene rings is 2. The average Bonchev–Trinajstić information content (AvgIpc) is 2.69. The fourth-order valence-electron chi connectivity index (χ4n) is 3.31. The van der Waals surface area contributed by atoms with Crippen LogP contribution in [0.25, 0.3) is 0 Å². The molecule has 142 valence electrons. The summed E-state index contributed by atoms with van der Waals surface area (Å²) in [6, 6.07) is 19.4. The molecule has 2 N–H and O–H groups in total. The number of thioether (sulfide) groups is 1. The van der Waals surface area contributed by atoms with Crippen LogP contribution < -0.4 is 5.73 Å². The van der Waals surface area contributed by atoms with Crippen LogP contribution in [-0.4, -0.2) is 28.9 Å². The Morgan fingerprint density at radius 2 is 1.96 bits per heavy atom. The summed E-state index contributed by atoms with van der Waals surface area (Å²) in [5, 5.41) is 8.75. The summed E-state index contributed by atoms with van der Waals surface area (Å²) in [6.45, 7) is 4.52. The zero-order valence-corrected chi connectivity index (χ0v) is 16.7. The third-order valence-electron chi connectivity index (χ3n) is 4.87. The Morgan fingerprint density at radius 1 is 1.15 bits per heavy atom. The number of hydrogen-bond acceptors (Lipinski definition) is 4. The van der Waals surface area contributed by atoms with E-state index in [0.717, 1.165) is 17.9 Å². The van der Waals surface area contributed by atoms with Crippen LogP contribution in [0.15, 0.2) is 64.8 Å². The zero-order valence-electron chi connectivity index (χ0n) is 15.9. The highest BCUT2D eigenvalue weighted by molar-refractivity contribution is 8.13. The number of piperidine rings is 1. The van der Waals surface area contributed by atoms with Crippen LogP contribution in [0.5, 0.6) is 0 Å². The van der Waals surface area contributed by atoms with E-state index < -0.39 is 0 Å². The summed E-state index contributed by atoms with van der Waals surface area (Å²) < 4.78 is 0. The molecule has 1 fully saturated rings. The Kier molecular flexibility index (Phi) is 7.48. The molecule has 1 atom stereocenters. The van der Waals surface area contributed by atoms with E-state index in [4.69, 9.17) is 5.73 Å². The van der Waals surface area contributed by atoms with Gasteiger partial charge in [0.2, 0.25) is 0 Å². The topological polar surface area (TPSA) is 54.0 Å². The second-order valence-corrected chi connectivity index (χ2v) is 8.01. The summed E-state index contributed by atoms with van der Waals surface area (Å²) in [6.07, 6.45) is 5.74. The molecule has 0 aliphatic carbocycles. The number of nitrogens with zero attached hydrogens (tertiary/aromatic N) is 3. The van der Waals surface area contributed by atoms with Gasteiger partial charge < -0.3 is 5.73 Å². The average molecular weight is 381 g/mol. The lowest BCUT2D eigenvalue weighted by molar-refractivity contribution is 0.152. The molecule has 0 amide bonds. The molecule has 1 heterocycles. The maximum atomic E-state index is 5.95. The number of nitrogens with two attached hydrogens (primary N) is 1. The van der Waals surface area contributed by atoms with Gasteiger partial charge in [-0.2, -0.15) is 5.10 Å². The normalized spacial score (nSPS) is 18.9. The lowest BCUT2D eigenvalue weighted by atomic mass is 10.0. The zero-order chi connectivity index (χ0) is 18.9. The van der Waals surface area contributed by atoms with Crippen molar-refractivity contribution < 1.29 is 0 Å². The predicted molar refractivity (Wildman–Crippen MR) is 117 cm³/mol. The van der Waals surface area contributed by atoms with Crippen LogP contribution in [0.4, 0.5) is 0 Å². The Balaban J connectivity index is 1.53. The van der Waals surface area contributed by atoms with E-state index in [2.05, 4.69) is 58.4 Å². The first-order chi connectivity index (χ1) is 13.2. The number of hydrogen-bond donors (Lipinski definition) is 1. The molecule has 0 bridgehead atoms. The van der Waals surface area contributed by atoms with Crippen molar-refractivity contribution >= 4 is 23.1 Å². The highest BCUT2D eigenvalue weighted by Gasteiger charge is 2.17. The van der Waals surface area contributed by atoms with Crippen LogP contribution in [0.2, 0.25) is 0 Å². The second-order valence-electron chi connectivity index (χ2n) is 7.02. The SMILES string of the molecule is CC1CCCCN1Cc1cccc(C=NN=C(N)SCc2ccccc2)c1. The molecule has 0 saturated carbocycles. The first kappa shape index (κ1) is 19.6. The lowest BCUT2D eigenvalue weighted by Gasteiger charge is -2.33. The molecule has 3 rings (SSSR count). The molecule has 2 aromatic carbocycles. The van der Waals surface area contributed by atoms with Gasteiger partial charge in [0.05, 0.1) is 6.21 Å². The van der Waals surface area contributed by atoms with Gasteiger partial charge in [-0.3, -0.25) is 4.90 Å². The van der Waals surface area contributed by atoms with Gasteiger partial charge >= 0.3 is 0 Å². The summed E-state index contributed by atoms with van der Waals surface area (Å²) in [5.74, 6) is 0.801. The molecule has 1 saturated heterocycles. The van der Waals surface area contributed by atoms with Crippen LogP contribution in [0.1, 0.15) is 42.9 Å². The molecule has 5 heteroatoms. The maximum absolute atomic E-state index is 5.95. The van der Waals surface area contributed by atoms with Crippen LogP contribution in [-0.2, 0) is 12.3 Å². The van der Waals surface area contributed by atoms with Crippen molar-refractivity contribution in [2.75, 3.05) is 6.54 Å². The number of amidine groups is 1. The Labute approximate surface area is 166 Å². The van der Waals surface area contributed by atoms with Gasteiger partial charge in [-0.05, 0) is 49.1 Å². The van der Waals surface area contributed by atoms with E-state index in [-0.39, 0.29) is 0 Å². The van der Waals surface area contributed by atoms with Gasteiger partial charge in [0, 0.05) is 18.3 Å². The van der Waals surface area contributed by atoms with Crippen molar-refractivity contribution in [1.29, 1.82) is 0 Å². The van der Waals surface area contributed by atoms with E-state index in [1.54, 1.807) is 6.21 Å². The highest BCUT2D eigenvalue weighted by Crippen LogP contribution is 2.19. The Bertz CT molecular complexity index is 773. The molecular formula is C22H28N4S. The highest BCUT2D eigenvalue weighted by atomic mass is 32.2. The molecule has 1 aliphatic rings. The monoisotopic (exact) mass is 380 g/mol. The molecule has 4 nitrogen and oxygen atoms in total. The van der Waals surface area contributed by atoms with Crippen molar-refractivity contribution in [3.05, 3.63) is 71.3 Å². The number of rotatable bonds is 6. The molecule has 1 unspecified atom stereocenters. The lowest BCUT2D eigenvalue weighted by Crippen LogP contribution is -2.36. The molecule has 27 heavy (non-hydrogen) atoms. The van der Waals surface area contributed by atoms with Gasteiger partial charge in [-0.15, -0.1) is 5.10 Å². The summed E-state index contributed by atoms with van der Waals surface area (Å²) in [4.78, 5) is 2.57.